The highest BCUT2D eigenvalue weighted by Crippen LogP contribution is 2.24. The Hall–Kier alpha value is -1.92. The van der Waals surface area contributed by atoms with Gasteiger partial charge in [-0.3, -0.25) is 9.69 Å². The van der Waals surface area contributed by atoms with Crippen molar-refractivity contribution in [1.82, 2.24) is 15.0 Å². The van der Waals surface area contributed by atoms with E-state index >= 15 is 0 Å². The van der Waals surface area contributed by atoms with Crippen molar-refractivity contribution in [3.8, 4) is 11.4 Å². The first-order chi connectivity index (χ1) is 10.5. The van der Waals surface area contributed by atoms with Crippen molar-refractivity contribution in [2.24, 2.45) is 0 Å². The lowest BCUT2D eigenvalue weighted by atomic mass is 10.1. The average Bonchev–Trinajstić information content (AvgIpc) is 2.95. The van der Waals surface area contributed by atoms with Gasteiger partial charge < -0.3 is 9.63 Å². The molecular formula is C16H22ClN3O3. The molecule has 2 aromatic rings. The molecule has 0 aliphatic carbocycles. The number of nitrogens with zero attached hydrogens (tertiary/aromatic N) is 3. The summed E-state index contributed by atoms with van der Waals surface area (Å²) in [6.07, 6.45) is 0.858. The monoisotopic (exact) mass is 339 g/mol. The standard InChI is InChI=1S/C16H21N3O3.ClH/c1-4-9-19(10-14(20)21)12(3)16-17-15(18-22-16)13-8-6-5-7-11(13)2;/h5-8,12H,4,9-10H2,1-3H3,(H,20,21);1H. The largest absolute Gasteiger partial charge is 0.480 e. The van der Waals surface area contributed by atoms with Crippen LogP contribution in [0.5, 0.6) is 0 Å². The summed E-state index contributed by atoms with van der Waals surface area (Å²) in [7, 11) is 0. The summed E-state index contributed by atoms with van der Waals surface area (Å²) in [5.41, 5.74) is 1.99. The Balaban J connectivity index is 0.00000264. The van der Waals surface area contributed by atoms with Crippen molar-refractivity contribution in [2.75, 3.05) is 13.1 Å². The van der Waals surface area contributed by atoms with Crippen molar-refractivity contribution in [3.05, 3.63) is 35.7 Å². The van der Waals surface area contributed by atoms with Crippen LogP contribution < -0.4 is 0 Å². The molecule has 0 radical (unpaired) electrons. The van der Waals surface area contributed by atoms with Crippen LogP contribution in [0.2, 0.25) is 0 Å². The quantitative estimate of drug-likeness (QED) is 0.833. The smallest absolute Gasteiger partial charge is 0.317 e. The van der Waals surface area contributed by atoms with Gasteiger partial charge in [0, 0.05) is 5.56 Å². The van der Waals surface area contributed by atoms with Gasteiger partial charge in [-0.25, -0.2) is 0 Å². The molecule has 0 aliphatic heterocycles. The van der Waals surface area contributed by atoms with E-state index in [1.54, 1.807) is 0 Å². The molecule has 1 aromatic carbocycles. The maximum Gasteiger partial charge on any atom is 0.317 e. The average molecular weight is 340 g/mol. The van der Waals surface area contributed by atoms with Gasteiger partial charge in [-0.1, -0.05) is 36.3 Å². The van der Waals surface area contributed by atoms with E-state index in [2.05, 4.69) is 10.1 Å². The molecule has 23 heavy (non-hydrogen) atoms. The maximum absolute atomic E-state index is 11.0. The van der Waals surface area contributed by atoms with Crippen LogP contribution in [0.4, 0.5) is 0 Å². The number of hydrogen-bond donors (Lipinski definition) is 1. The highest BCUT2D eigenvalue weighted by atomic mass is 35.5. The van der Waals surface area contributed by atoms with Crippen molar-refractivity contribution in [3.63, 3.8) is 0 Å². The highest BCUT2D eigenvalue weighted by Gasteiger charge is 2.23. The molecule has 0 saturated heterocycles. The molecular weight excluding hydrogens is 318 g/mol. The van der Waals surface area contributed by atoms with Crippen LogP contribution in [0, 0.1) is 6.92 Å². The topological polar surface area (TPSA) is 79.5 Å². The van der Waals surface area contributed by atoms with Gasteiger partial charge in [-0.05, 0) is 32.4 Å². The molecule has 0 fully saturated rings. The Morgan fingerprint density at radius 3 is 2.70 bits per heavy atom. The van der Waals surface area contributed by atoms with Crippen LogP contribution in [-0.4, -0.2) is 39.2 Å². The minimum absolute atomic E-state index is 0. The van der Waals surface area contributed by atoms with Crippen LogP contribution in [0.15, 0.2) is 28.8 Å². The summed E-state index contributed by atoms with van der Waals surface area (Å²) >= 11 is 0. The summed E-state index contributed by atoms with van der Waals surface area (Å²) in [4.78, 5) is 17.2. The number of aromatic nitrogens is 2. The van der Waals surface area contributed by atoms with Gasteiger partial charge in [-0.15, -0.1) is 12.4 Å². The first-order valence-corrected chi connectivity index (χ1v) is 7.38. The van der Waals surface area contributed by atoms with E-state index in [0.717, 1.165) is 17.5 Å². The summed E-state index contributed by atoms with van der Waals surface area (Å²) in [5, 5.41) is 13.0. The van der Waals surface area contributed by atoms with E-state index < -0.39 is 5.97 Å². The van der Waals surface area contributed by atoms with Gasteiger partial charge in [0.25, 0.3) is 0 Å². The lowest BCUT2D eigenvalue weighted by Gasteiger charge is -2.23. The van der Waals surface area contributed by atoms with Crippen LogP contribution in [-0.2, 0) is 4.79 Å². The van der Waals surface area contributed by atoms with E-state index in [1.807, 2.05) is 49.9 Å². The molecule has 0 aliphatic rings. The number of carboxylic acids is 1. The van der Waals surface area contributed by atoms with E-state index in [4.69, 9.17) is 9.63 Å². The van der Waals surface area contributed by atoms with Gasteiger partial charge in [0.05, 0.1) is 12.6 Å². The number of aryl methyl sites for hydroxylation is 1. The molecule has 6 nitrogen and oxygen atoms in total. The molecule has 1 unspecified atom stereocenters. The minimum Gasteiger partial charge on any atom is -0.480 e. The second kappa shape index (κ2) is 8.64. The molecule has 0 spiro atoms. The molecule has 0 saturated carbocycles. The van der Waals surface area contributed by atoms with Crippen LogP contribution in [0.25, 0.3) is 11.4 Å². The normalized spacial score (nSPS) is 12.0. The molecule has 1 aromatic heterocycles. The lowest BCUT2D eigenvalue weighted by molar-refractivity contribution is -0.139. The number of aliphatic carboxylic acids is 1. The molecule has 1 N–H and O–H groups in total. The fourth-order valence-electron chi connectivity index (χ4n) is 2.36. The van der Waals surface area contributed by atoms with E-state index in [1.165, 1.54) is 0 Å². The lowest BCUT2D eigenvalue weighted by Crippen LogP contribution is -2.33. The van der Waals surface area contributed by atoms with Crippen LogP contribution in [0.1, 0.15) is 37.8 Å². The molecule has 1 atom stereocenters. The zero-order valence-corrected chi connectivity index (χ0v) is 14.3. The predicted octanol–water partition coefficient (Wildman–Crippen LogP) is 3.32. The predicted molar refractivity (Wildman–Crippen MR) is 89.6 cm³/mol. The number of rotatable bonds is 7. The Morgan fingerprint density at radius 2 is 2.09 bits per heavy atom. The van der Waals surface area contributed by atoms with Crippen molar-refractivity contribution >= 4 is 18.4 Å². The van der Waals surface area contributed by atoms with Gasteiger partial charge >= 0.3 is 5.97 Å². The van der Waals surface area contributed by atoms with Crippen molar-refractivity contribution in [1.29, 1.82) is 0 Å². The molecule has 7 heteroatoms. The van der Waals surface area contributed by atoms with Gasteiger partial charge in [0.2, 0.25) is 11.7 Å². The van der Waals surface area contributed by atoms with Crippen LogP contribution in [0.3, 0.4) is 0 Å². The Morgan fingerprint density at radius 1 is 1.39 bits per heavy atom. The van der Waals surface area contributed by atoms with E-state index in [9.17, 15) is 4.79 Å². The molecule has 0 amide bonds. The second-order valence-corrected chi connectivity index (χ2v) is 5.31. The fraction of sp³-hybridized carbons (Fsp3) is 0.438. The second-order valence-electron chi connectivity index (χ2n) is 5.31. The number of halogens is 1. The third-order valence-electron chi connectivity index (χ3n) is 3.58. The fourth-order valence-corrected chi connectivity index (χ4v) is 2.36. The van der Waals surface area contributed by atoms with Gasteiger partial charge in [0.15, 0.2) is 0 Å². The van der Waals surface area contributed by atoms with Crippen LogP contribution >= 0.6 is 12.4 Å². The minimum atomic E-state index is -0.862. The van der Waals surface area contributed by atoms with Gasteiger partial charge in [-0.2, -0.15) is 4.98 Å². The summed E-state index contributed by atoms with van der Waals surface area (Å²) < 4.78 is 5.35. The first-order valence-electron chi connectivity index (χ1n) is 7.38. The van der Waals surface area contributed by atoms with Crippen molar-refractivity contribution in [2.45, 2.75) is 33.2 Å². The number of carbonyl (C=O) groups is 1. The Bertz CT molecular complexity index is 645. The summed E-state index contributed by atoms with van der Waals surface area (Å²) in [6.45, 7) is 6.50. The SMILES string of the molecule is CCCN(CC(=O)O)C(C)c1nc(-c2ccccc2C)no1.Cl. The van der Waals surface area contributed by atoms with E-state index in [0.29, 0.717) is 18.3 Å². The zero-order valence-electron chi connectivity index (χ0n) is 13.5. The summed E-state index contributed by atoms with van der Waals surface area (Å²) in [5.74, 6) is 0.110. The molecule has 1 heterocycles. The first kappa shape index (κ1) is 19.1. The Kier molecular flexibility index (Phi) is 7.19. The highest BCUT2D eigenvalue weighted by molar-refractivity contribution is 5.85. The number of benzene rings is 1. The van der Waals surface area contributed by atoms with Crippen molar-refractivity contribution < 1.29 is 14.4 Å². The van der Waals surface area contributed by atoms with E-state index in [-0.39, 0.29) is 25.0 Å². The maximum atomic E-state index is 11.0. The number of carboxylic acid groups (broad SMARTS) is 1. The zero-order chi connectivity index (χ0) is 16.1. The third-order valence-corrected chi connectivity index (χ3v) is 3.58. The summed E-state index contributed by atoms with van der Waals surface area (Å²) in [6, 6.07) is 7.58. The molecule has 0 bridgehead atoms. The Labute approximate surface area is 141 Å². The van der Waals surface area contributed by atoms with Gasteiger partial charge in [0.1, 0.15) is 0 Å². The molecule has 2 rings (SSSR count). The molecule has 126 valence electrons. The number of hydrogen-bond acceptors (Lipinski definition) is 5. The third kappa shape index (κ3) is 4.77.